The molecule has 30 heavy (non-hydrogen) atoms. The van der Waals surface area contributed by atoms with Crippen LogP contribution in [0.15, 0.2) is 41.3 Å². The van der Waals surface area contributed by atoms with Gasteiger partial charge in [0.15, 0.2) is 0 Å². The van der Waals surface area contributed by atoms with Gasteiger partial charge in [-0.3, -0.25) is 4.79 Å². The molecule has 1 heterocycles. The quantitative estimate of drug-likeness (QED) is 0.690. The molecule has 1 saturated heterocycles. The SMILES string of the molecule is COc1ccc(CNC(=O)c2cc(S(=O)(=O)N3CCOCC3)ccc2Cl)c(OC)c1. The van der Waals surface area contributed by atoms with Crippen LogP contribution in [0.3, 0.4) is 0 Å². The van der Waals surface area contributed by atoms with Crippen LogP contribution in [0.4, 0.5) is 0 Å². The van der Waals surface area contributed by atoms with E-state index in [1.807, 2.05) is 0 Å². The maximum absolute atomic E-state index is 12.9. The van der Waals surface area contributed by atoms with Gasteiger partial charge < -0.3 is 19.5 Å². The number of nitrogens with zero attached hydrogens (tertiary/aromatic N) is 1. The summed E-state index contributed by atoms with van der Waals surface area (Å²) >= 11 is 6.18. The number of rotatable bonds is 7. The van der Waals surface area contributed by atoms with Gasteiger partial charge in [-0.25, -0.2) is 8.42 Å². The van der Waals surface area contributed by atoms with E-state index in [0.717, 1.165) is 5.56 Å². The molecule has 1 N–H and O–H groups in total. The summed E-state index contributed by atoms with van der Waals surface area (Å²) in [5, 5.41) is 2.92. The van der Waals surface area contributed by atoms with Crippen LogP contribution in [0.2, 0.25) is 5.02 Å². The molecule has 0 bridgehead atoms. The Morgan fingerprint density at radius 2 is 1.87 bits per heavy atom. The van der Waals surface area contributed by atoms with Crippen LogP contribution in [0.5, 0.6) is 11.5 Å². The van der Waals surface area contributed by atoms with E-state index in [1.165, 1.54) is 29.6 Å². The molecule has 1 fully saturated rings. The minimum Gasteiger partial charge on any atom is -0.497 e. The maximum Gasteiger partial charge on any atom is 0.253 e. The Morgan fingerprint density at radius 3 is 2.53 bits per heavy atom. The van der Waals surface area contributed by atoms with Gasteiger partial charge in [0.25, 0.3) is 5.91 Å². The van der Waals surface area contributed by atoms with E-state index < -0.39 is 15.9 Å². The second-order valence-electron chi connectivity index (χ2n) is 6.52. The van der Waals surface area contributed by atoms with Crippen LogP contribution >= 0.6 is 11.6 Å². The number of methoxy groups -OCH3 is 2. The van der Waals surface area contributed by atoms with Gasteiger partial charge in [0.1, 0.15) is 11.5 Å². The number of carbonyl (C=O) groups is 1. The molecule has 10 heteroatoms. The van der Waals surface area contributed by atoms with Crippen LogP contribution < -0.4 is 14.8 Å². The number of amides is 1. The Balaban J connectivity index is 1.79. The van der Waals surface area contributed by atoms with Crippen molar-refractivity contribution in [3.8, 4) is 11.5 Å². The van der Waals surface area contributed by atoms with Gasteiger partial charge in [0.2, 0.25) is 10.0 Å². The van der Waals surface area contributed by atoms with Crippen LogP contribution in [0.1, 0.15) is 15.9 Å². The maximum atomic E-state index is 12.9. The fourth-order valence-corrected chi connectivity index (χ4v) is 4.68. The predicted molar refractivity (Wildman–Crippen MR) is 112 cm³/mol. The standard InChI is InChI=1S/C20H23ClN2O6S/c1-27-15-4-3-14(19(11-15)28-2)13-22-20(24)17-12-16(5-6-18(17)21)30(25,26)23-7-9-29-10-8-23/h3-6,11-12H,7-10,13H2,1-2H3,(H,22,24). The number of morpholine rings is 1. The van der Waals surface area contributed by atoms with Gasteiger partial charge in [-0.1, -0.05) is 11.6 Å². The van der Waals surface area contributed by atoms with E-state index >= 15 is 0 Å². The Morgan fingerprint density at radius 1 is 1.13 bits per heavy atom. The summed E-state index contributed by atoms with van der Waals surface area (Å²) in [6.07, 6.45) is 0. The minimum absolute atomic E-state index is 0.0148. The summed E-state index contributed by atoms with van der Waals surface area (Å²) in [4.78, 5) is 12.7. The molecule has 0 aromatic heterocycles. The zero-order valence-electron chi connectivity index (χ0n) is 16.7. The second-order valence-corrected chi connectivity index (χ2v) is 8.86. The second kappa shape index (κ2) is 9.65. The fourth-order valence-electron chi connectivity index (χ4n) is 3.04. The van der Waals surface area contributed by atoms with Gasteiger partial charge in [-0.2, -0.15) is 4.31 Å². The number of nitrogens with one attached hydrogen (secondary N) is 1. The molecule has 2 aromatic rings. The summed E-state index contributed by atoms with van der Waals surface area (Å²) in [6, 6.07) is 9.36. The number of hydrogen-bond donors (Lipinski definition) is 1. The zero-order chi connectivity index (χ0) is 21.7. The average Bonchev–Trinajstić information content (AvgIpc) is 2.78. The average molecular weight is 455 g/mol. The monoisotopic (exact) mass is 454 g/mol. The third kappa shape index (κ3) is 4.86. The molecular weight excluding hydrogens is 432 g/mol. The third-order valence-electron chi connectivity index (χ3n) is 4.72. The highest BCUT2D eigenvalue weighted by molar-refractivity contribution is 7.89. The van der Waals surface area contributed by atoms with E-state index in [9.17, 15) is 13.2 Å². The molecule has 0 atom stereocenters. The molecule has 0 radical (unpaired) electrons. The zero-order valence-corrected chi connectivity index (χ0v) is 18.3. The highest BCUT2D eigenvalue weighted by Crippen LogP contribution is 2.26. The number of hydrogen-bond acceptors (Lipinski definition) is 6. The van der Waals surface area contributed by atoms with E-state index in [1.54, 1.807) is 25.3 Å². The molecule has 1 aliphatic rings. The Labute approximate surface area is 180 Å². The summed E-state index contributed by atoms with van der Waals surface area (Å²) < 4.78 is 42.8. The molecule has 8 nitrogen and oxygen atoms in total. The Hall–Kier alpha value is -2.33. The Bertz CT molecular complexity index is 1020. The van der Waals surface area contributed by atoms with Crippen molar-refractivity contribution in [2.45, 2.75) is 11.4 Å². The van der Waals surface area contributed by atoms with Gasteiger partial charge in [0.05, 0.1) is 42.9 Å². The van der Waals surface area contributed by atoms with Crippen molar-refractivity contribution in [2.75, 3.05) is 40.5 Å². The Kier molecular flexibility index (Phi) is 7.19. The van der Waals surface area contributed by atoms with Crippen molar-refractivity contribution >= 4 is 27.5 Å². The summed E-state index contributed by atoms with van der Waals surface area (Å²) in [5.74, 6) is 0.701. The number of benzene rings is 2. The lowest BCUT2D eigenvalue weighted by molar-refractivity contribution is 0.0730. The minimum atomic E-state index is -3.74. The first kappa shape index (κ1) is 22.4. The normalized spacial score (nSPS) is 14.9. The molecule has 0 aliphatic carbocycles. The molecule has 162 valence electrons. The lowest BCUT2D eigenvalue weighted by atomic mass is 10.1. The molecular formula is C20H23ClN2O6S. The number of ether oxygens (including phenoxy) is 3. The molecule has 1 aliphatic heterocycles. The molecule has 0 unspecified atom stereocenters. The van der Waals surface area contributed by atoms with E-state index in [2.05, 4.69) is 5.32 Å². The van der Waals surface area contributed by atoms with Crippen molar-refractivity contribution in [2.24, 2.45) is 0 Å². The number of halogens is 1. The van der Waals surface area contributed by atoms with Crippen LogP contribution in [-0.2, 0) is 21.3 Å². The smallest absolute Gasteiger partial charge is 0.253 e. The first-order chi connectivity index (χ1) is 14.4. The fraction of sp³-hybridized carbons (Fsp3) is 0.350. The van der Waals surface area contributed by atoms with Crippen molar-refractivity contribution in [1.82, 2.24) is 9.62 Å². The molecule has 0 saturated carbocycles. The van der Waals surface area contributed by atoms with Crippen LogP contribution in [-0.4, -0.2) is 59.2 Å². The van der Waals surface area contributed by atoms with Crippen molar-refractivity contribution in [3.63, 3.8) is 0 Å². The van der Waals surface area contributed by atoms with Gasteiger partial charge in [-0.15, -0.1) is 0 Å². The van der Waals surface area contributed by atoms with Gasteiger partial charge in [-0.05, 0) is 30.3 Å². The van der Waals surface area contributed by atoms with E-state index in [-0.39, 0.29) is 35.1 Å². The van der Waals surface area contributed by atoms with E-state index in [4.69, 9.17) is 25.8 Å². The number of sulfonamides is 1. The highest BCUT2D eigenvalue weighted by Gasteiger charge is 2.27. The third-order valence-corrected chi connectivity index (χ3v) is 6.95. The van der Waals surface area contributed by atoms with E-state index in [0.29, 0.717) is 24.7 Å². The van der Waals surface area contributed by atoms with Crippen LogP contribution in [0.25, 0.3) is 0 Å². The van der Waals surface area contributed by atoms with Crippen molar-refractivity contribution in [3.05, 3.63) is 52.5 Å². The van der Waals surface area contributed by atoms with Crippen molar-refractivity contribution < 1.29 is 27.4 Å². The van der Waals surface area contributed by atoms with Crippen molar-refractivity contribution in [1.29, 1.82) is 0 Å². The predicted octanol–water partition coefficient (Wildman–Crippen LogP) is 2.31. The summed E-state index contributed by atoms with van der Waals surface area (Å²) in [6.45, 7) is 1.38. The number of carbonyl (C=O) groups excluding carboxylic acids is 1. The lowest BCUT2D eigenvalue weighted by Gasteiger charge is -2.26. The molecule has 2 aromatic carbocycles. The van der Waals surface area contributed by atoms with Gasteiger partial charge >= 0.3 is 0 Å². The van der Waals surface area contributed by atoms with Gasteiger partial charge in [0, 0.05) is 31.3 Å². The lowest BCUT2D eigenvalue weighted by Crippen LogP contribution is -2.40. The molecule has 0 spiro atoms. The summed E-state index contributed by atoms with van der Waals surface area (Å²) in [5.41, 5.74) is 0.818. The molecule has 1 amide bonds. The summed E-state index contributed by atoms with van der Waals surface area (Å²) in [7, 11) is -0.663. The first-order valence-electron chi connectivity index (χ1n) is 9.23. The highest BCUT2D eigenvalue weighted by atomic mass is 35.5. The largest absolute Gasteiger partial charge is 0.497 e. The van der Waals surface area contributed by atoms with Crippen LogP contribution in [0, 0.1) is 0 Å². The molecule has 3 rings (SSSR count). The topological polar surface area (TPSA) is 94.2 Å². The first-order valence-corrected chi connectivity index (χ1v) is 11.0.